The summed E-state index contributed by atoms with van der Waals surface area (Å²) in [4.78, 5) is 24.1. The van der Waals surface area contributed by atoms with Crippen LogP contribution in [0, 0.1) is 0 Å². The number of amides is 1. The first-order valence-electron chi connectivity index (χ1n) is 6.59. The number of carboxylic acid groups (broad SMARTS) is 1. The lowest BCUT2D eigenvalue weighted by atomic mass is 10.2. The van der Waals surface area contributed by atoms with Crippen LogP contribution in [0.2, 0.25) is 5.02 Å². The molecule has 1 amide bonds. The standard InChI is InChI=1S/C15H18ClNO4/c1-3-17(4-2)13(18)10-21-15-11(8-9-14(19)20)6-5-7-12(15)16/h5-9H,3-4,10H2,1-2H3,(H,19,20)/b9-8+. The lowest BCUT2D eigenvalue weighted by molar-refractivity contribution is -0.133. The van der Waals surface area contributed by atoms with E-state index in [1.165, 1.54) is 6.08 Å². The number of ether oxygens (including phenoxy) is 1. The van der Waals surface area contributed by atoms with E-state index in [1.807, 2.05) is 13.8 Å². The number of hydrogen-bond donors (Lipinski definition) is 1. The molecule has 1 aromatic carbocycles. The number of carbonyl (C=O) groups is 2. The van der Waals surface area contributed by atoms with E-state index in [-0.39, 0.29) is 12.5 Å². The van der Waals surface area contributed by atoms with Crippen LogP contribution in [-0.2, 0) is 9.59 Å². The van der Waals surface area contributed by atoms with Crippen molar-refractivity contribution in [3.8, 4) is 5.75 Å². The van der Waals surface area contributed by atoms with Gasteiger partial charge in [0.1, 0.15) is 5.75 Å². The van der Waals surface area contributed by atoms with Gasteiger partial charge in [-0.3, -0.25) is 4.79 Å². The molecule has 0 unspecified atom stereocenters. The van der Waals surface area contributed by atoms with E-state index in [0.717, 1.165) is 6.08 Å². The average molecular weight is 312 g/mol. The number of benzene rings is 1. The molecule has 1 aromatic rings. The first-order valence-corrected chi connectivity index (χ1v) is 6.97. The summed E-state index contributed by atoms with van der Waals surface area (Å²) in [5.74, 6) is -0.912. The molecule has 0 saturated heterocycles. The van der Waals surface area contributed by atoms with Gasteiger partial charge in [0.25, 0.3) is 5.91 Å². The second-order valence-electron chi connectivity index (χ2n) is 4.18. The number of para-hydroxylation sites is 1. The number of rotatable bonds is 7. The summed E-state index contributed by atoms with van der Waals surface area (Å²) < 4.78 is 5.48. The van der Waals surface area contributed by atoms with Gasteiger partial charge in [-0.05, 0) is 26.0 Å². The van der Waals surface area contributed by atoms with Gasteiger partial charge in [0.2, 0.25) is 0 Å². The third kappa shape index (κ3) is 5.11. The fourth-order valence-corrected chi connectivity index (χ4v) is 2.01. The number of hydrogen-bond acceptors (Lipinski definition) is 3. The highest BCUT2D eigenvalue weighted by Crippen LogP contribution is 2.29. The normalized spacial score (nSPS) is 10.6. The summed E-state index contributed by atoms with van der Waals surface area (Å²) in [7, 11) is 0. The maximum atomic E-state index is 11.9. The predicted molar refractivity (Wildman–Crippen MR) is 81.5 cm³/mol. The van der Waals surface area contributed by atoms with Crippen molar-refractivity contribution in [3.05, 3.63) is 34.9 Å². The van der Waals surface area contributed by atoms with Crippen molar-refractivity contribution in [2.45, 2.75) is 13.8 Å². The molecule has 0 bridgehead atoms. The van der Waals surface area contributed by atoms with Gasteiger partial charge in [0.05, 0.1) is 5.02 Å². The smallest absolute Gasteiger partial charge is 0.328 e. The third-order valence-electron chi connectivity index (χ3n) is 2.86. The van der Waals surface area contributed by atoms with Crippen LogP contribution in [0.15, 0.2) is 24.3 Å². The third-order valence-corrected chi connectivity index (χ3v) is 3.16. The summed E-state index contributed by atoms with van der Waals surface area (Å²) in [5.41, 5.74) is 0.511. The van der Waals surface area contributed by atoms with Crippen LogP contribution in [0.1, 0.15) is 19.4 Å². The summed E-state index contributed by atoms with van der Waals surface area (Å²) in [6.45, 7) is 4.84. The van der Waals surface area contributed by atoms with Gasteiger partial charge in [0.15, 0.2) is 6.61 Å². The minimum absolute atomic E-state index is 0.140. The molecule has 0 aromatic heterocycles. The van der Waals surface area contributed by atoms with Crippen LogP contribution in [-0.4, -0.2) is 41.6 Å². The molecule has 0 radical (unpaired) electrons. The minimum atomic E-state index is -1.07. The van der Waals surface area contributed by atoms with E-state index in [2.05, 4.69) is 0 Å². The van der Waals surface area contributed by atoms with E-state index < -0.39 is 5.97 Å². The van der Waals surface area contributed by atoms with E-state index in [1.54, 1.807) is 23.1 Å². The number of carboxylic acids is 1. The SMILES string of the molecule is CCN(CC)C(=O)COc1c(Cl)cccc1/C=C/C(=O)O. The molecule has 0 aliphatic rings. The van der Waals surface area contributed by atoms with Gasteiger partial charge in [-0.25, -0.2) is 4.79 Å². The minimum Gasteiger partial charge on any atom is -0.482 e. The highest BCUT2D eigenvalue weighted by molar-refractivity contribution is 6.32. The molecular weight excluding hydrogens is 294 g/mol. The Hall–Kier alpha value is -2.01. The Morgan fingerprint density at radius 3 is 2.57 bits per heavy atom. The van der Waals surface area contributed by atoms with Gasteiger partial charge < -0.3 is 14.7 Å². The quantitative estimate of drug-likeness (QED) is 0.786. The van der Waals surface area contributed by atoms with Crippen LogP contribution >= 0.6 is 11.6 Å². The Kier molecular flexibility index (Phi) is 6.75. The molecule has 6 heteroatoms. The Bertz CT molecular complexity index is 538. The van der Waals surface area contributed by atoms with Crippen LogP contribution in [0.3, 0.4) is 0 Å². The molecule has 114 valence electrons. The summed E-state index contributed by atoms with van der Waals surface area (Å²) >= 11 is 6.04. The zero-order chi connectivity index (χ0) is 15.8. The first-order chi connectivity index (χ1) is 9.99. The molecule has 0 aliphatic carbocycles. The van der Waals surface area contributed by atoms with Gasteiger partial charge >= 0.3 is 5.97 Å². The fraction of sp³-hybridized carbons (Fsp3) is 0.333. The number of nitrogens with zero attached hydrogens (tertiary/aromatic N) is 1. The van der Waals surface area contributed by atoms with Crippen LogP contribution in [0.25, 0.3) is 6.08 Å². The second kappa shape index (κ2) is 8.32. The number of carbonyl (C=O) groups excluding carboxylic acids is 1. The number of likely N-dealkylation sites (N-methyl/N-ethyl adjacent to an activating group) is 1. The number of halogens is 1. The van der Waals surface area contributed by atoms with E-state index in [4.69, 9.17) is 21.4 Å². The molecule has 1 N–H and O–H groups in total. The monoisotopic (exact) mass is 311 g/mol. The van der Waals surface area contributed by atoms with E-state index >= 15 is 0 Å². The molecule has 0 heterocycles. The molecular formula is C15H18ClNO4. The Morgan fingerprint density at radius 2 is 2.00 bits per heavy atom. The van der Waals surface area contributed by atoms with Gasteiger partial charge in [-0.15, -0.1) is 0 Å². The lowest BCUT2D eigenvalue weighted by Crippen LogP contribution is -2.34. The van der Waals surface area contributed by atoms with Crippen molar-refractivity contribution < 1.29 is 19.4 Å². The van der Waals surface area contributed by atoms with Crippen LogP contribution in [0.4, 0.5) is 0 Å². The van der Waals surface area contributed by atoms with Gasteiger partial charge in [0, 0.05) is 24.7 Å². The number of aliphatic carboxylic acids is 1. The molecule has 5 nitrogen and oxygen atoms in total. The first kappa shape index (κ1) is 17.0. The molecule has 0 fully saturated rings. The molecule has 1 rings (SSSR count). The molecule has 0 aliphatic heterocycles. The van der Waals surface area contributed by atoms with E-state index in [9.17, 15) is 9.59 Å². The zero-order valence-electron chi connectivity index (χ0n) is 12.0. The summed E-state index contributed by atoms with van der Waals surface area (Å²) in [6.07, 6.45) is 2.37. The van der Waals surface area contributed by atoms with Crippen molar-refractivity contribution in [2.24, 2.45) is 0 Å². The molecule has 21 heavy (non-hydrogen) atoms. The van der Waals surface area contributed by atoms with Gasteiger partial charge in [-0.2, -0.15) is 0 Å². The van der Waals surface area contributed by atoms with Crippen molar-refractivity contribution in [3.63, 3.8) is 0 Å². The topological polar surface area (TPSA) is 66.8 Å². The van der Waals surface area contributed by atoms with E-state index in [0.29, 0.717) is 29.4 Å². The largest absolute Gasteiger partial charge is 0.482 e. The Morgan fingerprint density at radius 1 is 1.33 bits per heavy atom. The highest BCUT2D eigenvalue weighted by Gasteiger charge is 2.13. The molecule has 0 atom stereocenters. The van der Waals surface area contributed by atoms with Crippen molar-refractivity contribution in [1.29, 1.82) is 0 Å². The lowest BCUT2D eigenvalue weighted by Gasteiger charge is -2.19. The maximum absolute atomic E-state index is 11.9. The van der Waals surface area contributed by atoms with Crippen molar-refractivity contribution >= 4 is 29.6 Å². The second-order valence-corrected chi connectivity index (χ2v) is 4.59. The summed E-state index contributed by atoms with van der Waals surface area (Å²) in [6, 6.07) is 4.97. The molecule has 0 spiro atoms. The predicted octanol–water partition coefficient (Wildman–Crippen LogP) is 2.69. The zero-order valence-corrected chi connectivity index (χ0v) is 12.8. The van der Waals surface area contributed by atoms with Crippen molar-refractivity contribution in [2.75, 3.05) is 19.7 Å². The summed E-state index contributed by atoms with van der Waals surface area (Å²) in [5, 5.41) is 9.00. The Balaban J connectivity index is 2.87. The molecule has 0 saturated carbocycles. The van der Waals surface area contributed by atoms with Crippen LogP contribution < -0.4 is 4.74 Å². The van der Waals surface area contributed by atoms with Gasteiger partial charge in [-0.1, -0.05) is 23.7 Å². The Labute approximate surface area is 128 Å². The maximum Gasteiger partial charge on any atom is 0.328 e. The fourth-order valence-electron chi connectivity index (χ4n) is 1.77. The highest BCUT2D eigenvalue weighted by atomic mass is 35.5. The average Bonchev–Trinajstić information content (AvgIpc) is 2.45. The van der Waals surface area contributed by atoms with Crippen LogP contribution in [0.5, 0.6) is 5.75 Å². The van der Waals surface area contributed by atoms with Crippen molar-refractivity contribution in [1.82, 2.24) is 4.90 Å².